The van der Waals surface area contributed by atoms with Gasteiger partial charge in [-0.3, -0.25) is 14.2 Å². The number of aromatic nitrogens is 2. The second kappa shape index (κ2) is 6.45. The summed E-state index contributed by atoms with van der Waals surface area (Å²) in [5.41, 5.74) is 0.753. The van der Waals surface area contributed by atoms with Crippen molar-refractivity contribution >= 4 is 15.7 Å². The molecule has 2 aromatic carbocycles. The second-order valence-corrected chi connectivity index (χ2v) is 7.64. The number of anilines is 1. The van der Waals surface area contributed by atoms with Crippen LogP contribution in [0.25, 0.3) is 5.69 Å². The first-order chi connectivity index (χ1) is 12.2. The summed E-state index contributed by atoms with van der Waals surface area (Å²) < 4.78 is 44.0. The van der Waals surface area contributed by atoms with Crippen molar-refractivity contribution in [3.05, 3.63) is 76.0 Å². The summed E-state index contributed by atoms with van der Waals surface area (Å²) in [6.45, 7) is 3.12. The maximum absolute atomic E-state index is 13.4. The van der Waals surface area contributed by atoms with Crippen LogP contribution in [0.3, 0.4) is 0 Å². The third-order valence-electron chi connectivity index (χ3n) is 4.23. The average Bonchev–Trinajstić information content (AvgIpc) is 2.81. The number of hydrogen-bond acceptors (Lipinski definition) is 3. The molecule has 0 spiro atoms. The van der Waals surface area contributed by atoms with E-state index in [1.54, 1.807) is 42.9 Å². The van der Waals surface area contributed by atoms with Crippen LogP contribution in [0.15, 0.2) is 58.2 Å². The summed E-state index contributed by atoms with van der Waals surface area (Å²) in [4.78, 5) is 12.7. The number of para-hydroxylation sites is 1. The predicted molar refractivity (Wildman–Crippen MR) is 97.7 cm³/mol. The fourth-order valence-electron chi connectivity index (χ4n) is 2.66. The lowest BCUT2D eigenvalue weighted by Crippen LogP contribution is -2.23. The van der Waals surface area contributed by atoms with Crippen molar-refractivity contribution in [3.63, 3.8) is 0 Å². The summed E-state index contributed by atoms with van der Waals surface area (Å²) >= 11 is 0. The van der Waals surface area contributed by atoms with E-state index in [2.05, 4.69) is 4.72 Å². The molecule has 3 rings (SSSR count). The molecule has 0 unspecified atom stereocenters. The van der Waals surface area contributed by atoms with Gasteiger partial charge < -0.3 is 0 Å². The van der Waals surface area contributed by atoms with E-state index in [1.807, 2.05) is 6.07 Å². The van der Waals surface area contributed by atoms with Crippen LogP contribution in [-0.4, -0.2) is 17.8 Å². The zero-order valence-electron chi connectivity index (χ0n) is 14.5. The molecule has 0 saturated heterocycles. The maximum Gasteiger partial charge on any atom is 0.296 e. The zero-order valence-corrected chi connectivity index (χ0v) is 15.3. The lowest BCUT2D eigenvalue weighted by atomic mass is 10.2. The normalized spacial score (nSPS) is 11.5. The number of rotatable bonds is 4. The molecular formula is C18H18FN3O3S. The Bertz CT molecular complexity index is 1130. The Kier molecular flexibility index (Phi) is 4.45. The highest BCUT2D eigenvalue weighted by Crippen LogP contribution is 2.20. The largest absolute Gasteiger partial charge is 0.296 e. The summed E-state index contributed by atoms with van der Waals surface area (Å²) in [5, 5.41) is 0. The number of halogens is 1. The molecule has 0 aliphatic rings. The first kappa shape index (κ1) is 17.9. The molecule has 0 aliphatic carbocycles. The van der Waals surface area contributed by atoms with Gasteiger partial charge in [-0.1, -0.05) is 18.2 Å². The van der Waals surface area contributed by atoms with Crippen molar-refractivity contribution in [1.29, 1.82) is 0 Å². The van der Waals surface area contributed by atoms with Crippen LogP contribution >= 0.6 is 0 Å². The number of sulfonamides is 1. The van der Waals surface area contributed by atoms with E-state index in [1.165, 1.54) is 23.7 Å². The minimum absolute atomic E-state index is 0.0432. The van der Waals surface area contributed by atoms with E-state index in [4.69, 9.17) is 0 Å². The third kappa shape index (κ3) is 3.03. The monoisotopic (exact) mass is 375 g/mol. The van der Waals surface area contributed by atoms with Gasteiger partial charge in [-0.25, -0.2) is 17.5 Å². The highest BCUT2D eigenvalue weighted by Gasteiger charge is 2.22. The van der Waals surface area contributed by atoms with Crippen LogP contribution in [0.1, 0.15) is 11.3 Å². The van der Waals surface area contributed by atoms with Crippen molar-refractivity contribution in [2.24, 2.45) is 7.05 Å². The highest BCUT2D eigenvalue weighted by atomic mass is 32.2. The molecule has 26 heavy (non-hydrogen) atoms. The van der Waals surface area contributed by atoms with Crippen LogP contribution in [0.4, 0.5) is 10.1 Å². The quantitative estimate of drug-likeness (QED) is 0.762. The van der Waals surface area contributed by atoms with Gasteiger partial charge in [0, 0.05) is 7.05 Å². The minimum Gasteiger partial charge on any atom is -0.283 e. The van der Waals surface area contributed by atoms with Gasteiger partial charge in [0.15, 0.2) is 0 Å². The van der Waals surface area contributed by atoms with Gasteiger partial charge in [0.1, 0.15) is 11.5 Å². The molecule has 0 fully saturated rings. The van der Waals surface area contributed by atoms with E-state index in [9.17, 15) is 17.6 Å². The second-order valence-electron chi connectivity index (χ2n) is 5.95. The average molecular weight is 375 g/mol. The van der Waals surface area contributed by atoms with Gasteiger partial charge in [0.2, 0.25) is 0 Å². The zero-order chi connectivity index (χ0) is 19.1. The van der Waals surface area contributed by atoms with Crippen LogP contribution in [0.2, 0.25) is 0 Å². The molecular weight excluding hydrogens is 357 g/mol. The topological polar surface area (TPSA) is 73.1 Å². The van der Waals surface area contributed by atoms with Gasteiger partial charge >= 0.3 is 0 Å². The number of hydrogen-bond donors (Lipinski definition) is 1. The summed E-state index contributed by atoms with van der Waals surface area (Å²) in [6.07, 6.45) is 0. The Labute approximate surface area is 150 Å². The number of nitrogens with one attached hydrogen (secondary N) is 1. The molecule has 3 aromatic rings. The SMILES string of the molecule is Cc1cc(S(=O)(=O)Nc2c(C)n(C)n(-c3ccccc3)c2=O)ccc1F. The molecule has 0 atom stereocenters. The van der Waals surface area contributed by atoms with Gasteiger partial charge in [0.05, 0.1) is 16.3 Å². The fraction of sp³-hybridized carbons (Fsp3) is 0.167. The number of benzene rings is 2. The molecule has 8 heteroatoms. The first-order valence-corrected chi connectivity index (χ1v) is 9.33. The predicted octanol–water partition coefficient (Wildman–Crippen LogP) is 2.73. The van der Waals surface area contributed by atoms with Crippen LogP contribution in [0.5, 0.6) is 0 Å². The third-order valence-corrected chi connectivity index (χ3v) is 5.58. The van der Waals surface area contributed by atoms with Gasteiger partial charge in [-0.2, -0.15) is 0 Å². The van der Waals surface area contributed by atoms with Gasteiger partial charge in [-0.05, 0) is 49.7 Å². The molecule has 0 amide bonds. The van der Waals surface area contributed by atoms with Gasteiger partial charge in [-0.15, -0.1) is 0 Å². The maximum atomic E-state index is 13.4. The Morgan fingerprint density at radius 3 is 2.31 bits per heavy atom. The Morgan fingerprint density at radius 2 is 1.69 bits per heavy atom. The molecule has 0 radical (unpaired) electrons. The molecule has 1 N–H and O–H groups in total. The molecule has 1 aromatic heterocycles. The van der Waals surface area contributed by atoms with Crippen molar-refractivity contribution in [2.75, 3.05) is 4.72 Å². The van der Waals surface area contributed by atoms with E-state index in [0.29, 0.717) is 11.4 Å². The number of aryl methyl sites for hydroxylation is 1. The van der Waals surface area contributed by atoms with E-state index < -0.39 is 21.4 Å². The molecule has 0 bridgehead atoms. The van der Waals surface area contributed by atoms with E-state index >= 15 is 0 Å². The highest BCUT2D eigenvalue weighted by molar-refractivity contribution is 7.92. The summed E-state index contributed by atoms with van der Waals surface area (Å²) in [6, 6.07) is 12.4. The van der Waals surface area contributed by atoms with Crippen molar-refractivity contribution in [2.45, 2.75) is 18.7 Å². The molecule has 0 saturated carbocycles. The summed E-state index contributed by atoms with van der Waals surface area (Å²) in [7, 11) is -2.36. The Morgan fingerprint density at radius 1 is 1.04 bits per heavy atom. The fourth-order valence-corrected chi connectivity index (χ4v) is 3.86. The van der Waals surface area contributed by atoms with Crippen LogP contribution < -0.4 is 10.3 Å². The molecule has 1 heterocycles. The van der Waals surface area contributed by atoms with E-state index in [0.717, 1.165) is 6.07 Å². The standard InChI is InChI=1S/C18H18FN3O3S/c1-12-11-15(9-10-16(12)19)26(24,25)20-17-13(2)21(3)22(18(17)23)14-7-5-4-6-8-14/h4-11,20H,1-3H3. The van der Waals surface area contributed by atoms with Crippen molar-refractivity contribution in [3.8, 4) is 5.69 Å². The lowest BCUT2D eigenvalue weighted by Gasteiger charge is -2.08. The van der Waals surface area contributed by atoms with E-state index in [-0.39, 0.29) is 16.1 Å². The number of nitrogens with zero attached hydrogens (tertiary/aromatic N) is 2. The van der Waals surface area contributed by atoms with Crippen LogP contribution in [0, 0.1) is 19.7 Å². The Balaban J connectivity index is 2.08. The first-order valence-electron chi connectivity index (χ1n) is 7.85. The van der Waals surface area contributed by atoms with Crippen LogP contribution in [-0.2, 0) is 17.1 Å². The lowest BCUT2D eigenvalue weighted by molar-refractivity contribution is 0.598. The van der Waals surface area contributed by atoms with Gasteiger partial charge in [0.25, 0.3) is 15.6 Å². The smallest absolute Gasteiger partial charge is 0.283 e. The molecule has 0 aliphatic heterocycles. The molecule has 136 valence electrons. The molecule has 6 nitrogen and oxygen atoms in total. The Hall–Kier alpha value is -2.87. The minimum atomic E-state index is -4.03. The van der Waals surface area contributed by atoms with Crippen molar-refractivity contribution in [1.82, 2.24) is 9.36 Å². The summed E-state index contributed by atoms with van der Waals surface area (Å²) in [5.74, 6) is -0.494. The van der Waals surface area contributed by atoms with Crippen molar-refractivity contribution < 1.29 is 12.8 Å².